The number of aromatic nitrogens is 1. The maximum atomic E-state index is 12.1. The Bertz CT molecular complexity index is 614. The second kappa shape index (κ2) is 7.20. The molecule has 1 aliphatic rings. The highest BCUT2D eigenvalue weighted by Gasteiger charge is 2.28. The number of amides is 2. The van der Waals surface area contributed by atoms with Crippen molar-refractivity contribution in [2.75, 3.05) is 20.1 Å². The van der Waals surface area contributed by atoms with E-state index in [-0.39, 0.29) is 12.0 Å². The Morgan fingerprint density at radius 2 is 1.88 bits per heavy atom. The summed E-state index contributed by atoms with van der Waals surface area (Å²) in [5.74, 6) is 0.180. The SMILES string of the molecule is CNC(=O)c1ccc(C2CCN(C(=O)OC(C)(C)C)CC2)c(C)n1. The van der Waals surface area contributed by atoms with E-state index in [2.05, 4.69) is 10.3 Å². The zero-order valence-corrected chi connectivity index (χ0v) is 15.2. The quantitative estimate of drug-likeness (QED) is 0.903. The van der Waals surface area contributed by atoms with E-state index in [0.717, 1.165) is 24.1 Å². The predicted octanol–water partition coefficient (Wildman–Crippen LogP) is 2.86. The van der Waals surface area contributed by atoms with Crippen molar-refractivity contribution in [3.05, 3.63) is 29.1 Å². The van der Waals surface area contributed by atoms with Crippen LogP contribution in [0.15, 0.2) is 12.1 Å². The number of likely N-dealkylation sites (tertiary alicyclic amines) is 1. The number of hydrogen-bond acceptors (Lipinski definition) is 4. The number of hydrogen-bond donors (Lipinski definition) is 1. The van der Waals surface area contributed by atoms with Crippen molar-refractivity contribution in [1.29, 1.82) is 0 Å². The first-order valence-corrected chi connectivity index (χ1v) is 8.39. The molecule has 6 nitrogen and oxygen atoms in total. The van der Waals surface area contributed by atoms with E-state index in [1.807, 2.05) is 33.8 Å². The Labute approximate surface area is 143 Å². The molecule has 0 unspecified atom stereocenters. The Morgan fingerprint density at radius 1 is 1.25 bits per heavy atom. The lowest BCUT2D eigenvalue weighted by Gasteiger charge is -2.34. The summed E-state index contributed by atoms with van der Waals surface area (Å²) in [7, 11) is 1.60. The molecule has 6 heteroatoms. The van der Waals surface area contributed by atoms with Crippen molar-refractivity contribution >= 4 is 12.0 Å². The van der Waals surface area contributed by atoms with Gasteiger partial charge in [-0.2, -0.15) is 0 Å². The predicted molar refractivity (Wildman–Crippen MR) is 92.1 cm³/mol. The molecule has 1 saturated heterocycles. The highest BCUT2D eigenvalue weighted by Crippen LogP contribution is 2.30. The lowest BCUT2D eigenvalue weighted by atomic mass is 9.88. The first-order valence-electron chi connectivity index (χ1n) is 8.39. The van der Waals surface area contributed by atoms with Crippen LogP contribution in [-0.4, -0.2) is 47.6 Å². The third-order valence-corrected chi connectivity index (χ3v) is 4.17. The molecule has 132 valence electrons. The lowest BCUT2D eigenvalue weighted by molar-refractivity contribution is 0.0204. The van der Waals surface area contributed by atoms with E-state index < -0.39 is 5.60 Å². The van der Waals surface area contributed by atoms with Crippen LogP contribution in [0, 0.1) is 6.92 Å². The van der Waals surface area contributed by atoms with Gasteiger partial charge < -0.3 is 15.0 Å². The molecule has 0 saturated carbocycles. The fourth-order valence-electron chi connectivity index (χ4n) is 2.96. The lowest BCUT2D eigenvalue weighted by Crippen LogP contribution is -2.41. The molecule has 0 aromatic carbocycles. The zero-order valence-electron chi connectivity index (χ0n) is 15.2. The molecular formula is C18H27N3O3. The van der Waals surface area contributed by atoms with Crippen LogP contribution in [0.5, 0.6) is 0 Å². The van der Waals surface area contributed by atoms with Crippen LogP contribution >= 0.6 is 0 Å². The van der Waals surface area contributed by atoms with E-state index in [4.69, 9.17) is 4.74 Å². The monoisotopic (exact) mass is 333 g/mol. The van der Waals surface area contributed by atoms with Gasteiger partial charge in [0.1, 0.15) is 11.3 Å². The summed E-state index contributed by atoms with van der Waals surface area (Å²) < 4.78 is 5.43. The zero-order chi connectivity index (χ0) is 17.9. The van der Waals surface area contributed by atoms with Gasteiger partial charge in [0.25, 0.3) is 5.91 Å². The Balaban J connectivity index is 2.00. The van der Waals surface area contributed by atoms with Gasteiger partial charge in [-0.15, -0.1) is 0 Å². The van der Waals surface area contributed by atoms with Gasteiger partial charge in [0.05, 0.1) is 0 Å². The van der Waals surface area contributed by atoms with E-state index in [9.17, 15) is 9.59 Å². The summed E-state index contributed by atoms with van der Waals surface area (Å²) in [6.45, 7) is 8.91. The summed E-state index contributed by atoms with van der Waals surface area (Å²) >= 11 is 0. The van der Waals surface area contributed by atoms with Crippen molar-refractivity contribution < 1.29 is 14.3 Å². The van der Waals surface area contributed by atoms with Crippen LogP contribution < -0.4 is 5.32 Å². The molecule has 1 aromatic heterocycles. The number of pyridine rings is 1. The van der Waals surface area contributed by atoms with Gasteiger partial charge in [-0.25, -0.2) is 9.78 Å². The molecule has 1 aliphatic heterocycles. The molecule has 1 N–H and O–H groups in total. The highest BCUT2D eigenvalue weighted by molar-refractivity contribution is 5.92. The van der Waals surface area contributed by atoms with Crippen LogP contribution in [0.3, 0.4) is 0 Å². The van der Waals surface area contributed by atoms with E-state index in [1.165, 1.54) is 0 Å². The highest BCUT2D eigenvalue weighted by atomic mass is 16.6. The number of aryl methyl sites for hydroxylation is 1. The largest absolute Gasteiger partial charge is 0.444 e. The maximum absolute atomic E-state index is 12.1. The summed E-state index contributed by atoms with van der Waals surface area (Å²) in [5, 5.41) is 2.58. The standard InChI is InChI=1S/C18H27N3O3/c1-12-14(6-7-15(20-12)16(22)19-5)13-8-10-21(11-9-13)17(23)24-18(2,3)4/h6-7,13H,8-11H2,1-5H3,(H,19,22). The Morgan fingerprint density at radius 3 is 2.38 bits per heavy atom. The van der Waals surface area contributed by atoms with Crippen molar-refractivity contribution in [2.24, 2.45) is 0 Å². The molecule has 2 rings (SSSR count). The van der Waals surface area contributed by atoms with Crippen LogP contribution in [0.1, 0.15) is 61.3 Å². The molecule has 0 atom stereocenters. The van der Waals surface area contributed by atoms with Crippen LogP contribution in [0.25, 0.3) is 0 Å². The third-order valence-electron chi connectivity index (χ3n) is 4.17. The van der Waals surface area contributed by atoms with E-state index >= 15 is 0 Å². The topological polar surface area (TPSA) is 71.5 Å². The van der Waals surface area contributed by atoms with Gasteiger partial charge in [-0.3, -0.25) is 4.79 Å². The van der Waals surface area contributed by atoms with E-state index in [1.54, 1.807) is 18.0 Å². The minimum absolute atomic E-state index is 0.176. The molecule has 24 heavy (non-hydrogen) atoms. The minimum atomic E-state index is -0.468. The summed E-state index contributed by atoms with van der Waals surface area (Å²) in [6.07, 6.45) is 1.51. The van der Waals surface area contributed by atoms with Gasteiger partial charge >= 0.3 is 6.09 Å². The number of carbonyl (C=O) groups is 2. The second-order valence-electron chi connectivity index (χ2n) is 7.19. The molecule has 1 aromatic rings. The summed E-state index contributed by atoms with van der Waals surface area (Å²) in [4.78, 5) is 29.9. The molecule has 1 fully saturated rings. The number of ether oxygens (including phenoxy) is 1. The Hall–Kier alpha value is -2.11. The number of piperidine rings is 1. The van der Waals surface area contributed by atoms with E-state index in [0.29, 0.717) is 24.7 Å². The van der Waals surface area contributed by atoms with Crippen LogP contribution in [0.2, 0.25) is 0 Å². The van der Waals surface area contributed by atoms with Gasteiger partial charge in [-0.05, 0) is 58.1 Å². The second-order valence-corrected chi connectivity index (χ2v) is 7.19. The first-order chi connectivity index (χ1) is 11.2. The maximum Gasteiger partial charge on any atom is 0.410 e. The van der Waals surface area contributed by atoms with Crippen LogP contribution in [0.4, 0.5) is 4.79 Å². The molecular weight excluding hydrogens is 306 g/mol. The minimum Gasteiger partial charge on any atom is -0.444 e. The van der Waals surface area contributed by atoms with Crippen molar-refractivity contribution in [1.82, 2.24) is 15.2 Å². The van der Waals surface area contributed by atoms with Gasteiger partial charge in [0.2, 0.25) is 0 Å². The fraction of sp³-hybridized carbons (Fsp3) is 0.611. The summed E-state index contributed by atoms with van der Waals surface area (Å²) in [6, 6.07) is 3.75. The first kappa shape index (κ1) is 18.2. The Kier molecular flexibility index (Phi) is 5.47. The number of nitrogens with zero attached hydrogens (tertiary/aromatic N) is 2. The summed E-state index contributed by atoms with van der Waals surface area (Å²) in [5.41, 5.74) is 2.01. The normalized spacial score (nSPS) is 16.0. The number of nitrogens with one attached hydrogen (secondary N) is 1. The smallest absolute Gasteiger partial charge is 0.410 e. The molecule has 0 aliphatic carbocycles. The van der Waals surface area contributed by atoms with Crippen molar-refractivity contribution in [3.8, 4) is 0 Å². The van der Waals surface area contributed by atoms with Crippen molar-refractivity contribution in [3.63, 3.8) is 0 Å². The average Bonchev–Trinajstić information content (AvgIpc) is 2.52. The van der Waals surface area contributed by atoms with Gasteiger partial charge in [-0.1, -0.05) is 6.07 Å². The molecule has 2 heterocycles. The molecule has 2 amide bonds. The van der Waals surface area contributed by atoms with Crippen molar-refractivity contribution in [2.45, 2.75) is 52.1 Å². The fourth-order valence-corrected chi connectivity index (χ4v) is 2.96. The third kappa shape index (κ3) is 4.46. The van der Waals surface area contributed by atoms with Gasteiger partial charge in [0.15, 0.2) is 0 Å². The van der Waals surface area contributed by atoms with Gasteiger partial charge in [0, 0.05) is 25.8 Å². The number of rotatable bonds is 2. The molecule has 0 bridgehead atoms. The van der Waals surface area contributed by atoms with Crippen LogP contribution in [-0.2, 0) is 4.74 Å². The molecule has 0 spiro atoms. The number of carbonyl (C=O) groups excluding carboxylic acids is 2. The molecule has 0 radical (unpaired) electrons. The average molecular weight is 333 g/mol.